The third kappa shape index (κ3) is 4.54. The number of amides is 1. The maximum absolute atomic E-state index is 13.1. The molecule has 4 aromatic rings. The van der Waals surface area contributed by atoms with Crippen molar-refractivity contribution < 1.29 is 13.9 Å². The molecule has 0 saturated carbocycles. The van der Waals surface area contributed by atoms with E-state index >= 15 is 0 Å². The highest BCUT2D eigenvalue weighted by Gasteiger charge is 2.14. The summed E-state index contributed by atoms with van der Waals surface area (Å²) in [5.74, 6) is 0.332. The second-order valence-corrected chi connectivity index (χ2v) is 7.26. The molecule has 4 rings (SSSR count). The fourth-order valence-electron chi connectivity index (χ4n) is 2.78. The Labute approximate surface area is 175 Å². The Kier molecular flexibility index (Phi) is 5.84. The van der Waals surface area contributed by atoms with Gasteiger partial charge in [0.15, 0.2) is 11.2 Å². The third-order valence-electron chi connectivity index (χ3n) is 4.21. The highest BCUT2D eigenvalue weighted by molar-refractivity contribution is 8.00. The van der Waals surface area contributed by atoms with Gasteiger partial charge in [0, 0.05) is 11.8 Å². The first-order valence-corrected chi connectivity index (χ1v) is 9.96. The molecule has 0 unspecified atom stereocenters. The van der Waals surface area contributed by atoms with Gasteiger partial charge in [0.25, 0.3) is 0 Å². The van der Waals surface area contributed by atoms with Crippen LogP contribution in [0.25, 0.3) is 11.2 Å². The molecule has 0 saturated heterocycles. The lowest BCUT2D eigenvalue weighted by atomic mass is 10.2. The molecule has 2 heterocycles. The second-order valence-electron chi connectivity index (χ2n) is 6.29. The molecule has 0 radical (unpaired) electrons. The molecule has 1 N–H and O–H groups in total. The van der Waals surface area contributed by atoms with E-state index in [1.54, 1.807) is 48.2 Å². The van der Waals surface area contributed by atoms with Crippen molar-refractivity contribution in [3.63, 3.8) is 0 Å². The zero-order valence-corrected chi connectivity index (χ0v) is 16.8. The minimum Gasteiger partial charge on any atom is -0.497 e. The van der Waals surface area contributed by atoms with E-state index in [-0.39, 0.29) is 17.5 Å². The lowest BCUT2D eigenvalue weighted by Crippen LogP contribution is -2.14. The number of hydrogen-bond donors (Lipinski definition) is 1. The smallest absolute Gasteiger partial charge is 0.234 e. The zero-order valence-electron chi connectivity index (χ0n) is 15.9. The number of thioether (sulfide) groups is 1. The quantitative estimate of drug-likeness (QED) is 0.360. The van der Waals surface area contributed by atoms with E-state index in [2.05, 4.69) is 25.6 Å². The number of anilines is 1. The van der Waals surface area contributed by atoms with Crippen LogP contribution in [0.5, 0.6) is 5.75 Å². The Morgan fingerprint density at radius 3 is 2.83 bits per heavy atom. The number of nitrogens with zero attached hydrogens (tertiary/aromatic N) is 5. The first-order chi connectivity index (χ1) is 14.6. The molecule has 0 fully saturated rings. The van der Waals surface area contributed by atoms with Crippen molar-refractivity contribution in [2.45, 2.75) is 11.6 Å². The average molecular weight is 424 g/mol. The van der Waals surface area contributed by atoms with Gasteiger partial charge in [-0.2, -0.15) is 0 Å². The molecule has 2 aromatic carbocycles. The van der Waals surface area contributed by atoms with Gasteiger partial charge < -0.3 is 10.1 Å². The molecule has 0 aliphatic carbocycles. The number of aromatic nitrogens is 5. The Morgan fingerprint density at radius 1 is 1.20 bits per heavy atom. The second kappa shape index (κ2) is 8.87. The molecule has 1 amide bonds. The maximum atomic E-state index is 13.1. The minimum absolute atomic E-state index is 0.147. The van der Waals surface area contributed by atoms with E-state index in [4.69, 9.17) is 4.74 Å². The van der Waals surface area contributed by atoms with Crippen LogP contribution in [-0.4, -0.2) is 43.7 Å². The van der Waals surface area contributed by atoms with Gasteiger partial charge in [-0.05, 0) is 29.8 Å². The molecular formula is C20H17FN6O2S. The average Bonchev–Trinajstić information content (AvgIpc) is 3.17. The highest BCUT2D eigenvalue weighted by Crippen LogP contribution is 2.23. The Bertz CT molecular complexity index is 1180. The van der Waals surface area contributed by atoms with Crippen molar-refractivity contribution in [2.24, 2.45) is 0 Å². The summed E-state index contributed by atoms with van der Waals surface area (Å²) < 4.78 is 19.9. The summed E-state index contributed by atoms with van der Waals surface area (Å²) in [6.07, 6.45) is 1.41. The molecule has 0 spiro atoms. The van der Waals surface area contributed by atoms with Crippen molar-refractivity contribution in [1.82, 2.24) is 25.0 Å². The molecule has 30 heavy (non-hydrogen) atoms. The summed E-state index contributed by atoms with van der Waals surface area (Å²) in [5.41, 5.74) is 2.58. The molecule has 0 aliphatic heterocycles. The van der Waals surface area contributed by atoms with Gasteiger partial charge in [-0.1, -0.05) is 35.2 Å². The zero-order chi connectivity index (χ0) is 20.9. The lowest BCUT2D eigenvalue weighted by Gasteiger charge is -2.07. The Balaban J connectivity index is 1.44. The molecule has 152 valence electrons. The number of nitrogens with one attached hydrogen (secondary N) is 1. The number of benzene rings is 2. The number of carbonyl (C=O) groups is 1. The summed E-state index contributed by atoms with van der Waals surface area (Å²) in [4.78, 5) is 20.8. The molecule has 2 aromatic heterocycles. The van der Waals surface area contributed by atoms with Gasteiger partial charge in [-0.3, -0.25) is 4.79 Å². The number of rotatable bonds is 7. The van der Waals surface area contributed by atoms with Crippen LogP contribution in [0.1, 0.15) is 5.56 Å². The number of halogens is 1. The van der Waals surface area contributed by atoms with Crippen LogP contribution in [0, 0.1) is 5.82 Å². The standard InChI is InChI=1S/C20H17FN6O2S/c1-29-16-4-2-3-15(9-16)24-17(28)11-30-20-18-19(22-12-23-20)27(26-25-18)10-13-5-7-14(21)8-6-13/h2-9,12H,10-11H2,1H3,(H,24,28). The van der Waals surface area contributed by atoms with Gasteiger partial charge in [0.1, 0.15) is 22.9 Å². The lowest BCUT2D eigenvalue weighted by molar-refractivity contribution is -0.113. The third-order valence-corrected chi connectivity index (χ3v) is 5.18. The van der Waals surface area contributed by atoms with Crippen molar-refractivity contribution in [1.29, 1.82) is 0 Å². The summed E-state index contributed by atoms with van der Waals surface area (Å²) in [6, 6.07) is 13.3. The number of carbonyl (C=O) groups excluding carboxylic acids is 1. The number of methoxy groups -OCH3 is 1. The fourth-order valence-corrected chi connectivity index (χ4v) is 3.51. The van der Waals surface area contributed by atoms with Crippen molar-refractivity contribution >= 4 is 34.5 Å². The van der Waals surface area contributed by atoms with Crippen LogP contribution < -0.4 is 10.1 Å². The maximum Gasteiger partial charge on any atom is 0.234 e. The van der Waals surface area contributed by atoms with Crippen LogP contribution >= 0.6 is 11.8 Å². The van der Waals surface area contributed by atoms with Gasteiger partial charge in [0.05, 0.1) is 19.4 Å². The van der Waals surface area contributed by atoms with E-state index in [9.17, 15) is 9.18 Å². The monoisotopic (exact) mass is 424 g/mol. The molecule has 10 heteroatoms. The van der Waals surface area contributed by atoms with E-state index < -0.39 is 0 Å². The molecule has 0 bridgehead atoms. The summed E-state index contributed by atoms with van der Waals surface area (Å²) >= 11 is 1.25. The Hall–Kier alpha value is -3.53. The fraction of sp³-hybridized carbons (Fsp3) is 0.150. The van der Waals surface area contributed by atoms with E-state index in [0.717, 1.165) is 5.56 Å². The molecule has 0 aliphatic rings. The topological polar surface area (TPSA) is 94.8 Å². The molecule has 8 nitrogen and oxygen atoms in total. The van der Waals surface area contributed by atoms with Crippen LogP contribution in [0.15, 0.2) is 59.9 Å². The number of hydrogen-bond acceptors (Lipinski definition) is 7. The van der Waals surface area contributed by atoms with E-state index in [1.165, 1.54) is 30.2 Å². The predicted octanol–water partition coefficient (Wildman–Crippen LogP) is 3.15. The predicted molar refractivity (Wildman–Crippen MR) is 111 cm³/mol. The minimum atomic E-state index is -0.296. The number of fused-ring (bicyclic) bond motifs is 1. The van der Waals surface area contributed by atoms with Crippen molar-refractivity contribution in [3.8, 4) is 5.75 Å². The van der Waals surface area contributed by atoms with Crippen molar-refractivity contribution in [3.05, 3.63) is 66.2 Å². The number of ether oxygens (including phenoxy) is 1. The molecular weight excluding hydrogens is 407 g/mol. The summed E-state index contributed by atoms with van der Waals surface area (Å²) in [6.45, 7) is 0.397. The highest BCUT2D eigenvalue weighted by atomic mass is 32.2. The van der Waals surface area contributed by atoms with Gasteiger partial charge >= 0.3 is 0 Å². The molecule has 0 atom stereocenters. The SMILES string of the molecule is COc1cccc(NC(=O)CSc2ncnc3c2nnn3Cc2ccc(F)cc2)c1. The summed E-state index contributed by atoms with van der Waals surface area (Å²) in [5, 5.41) is 11.7. The van der Waals surface area contributed by atoms with Gasteiger partial charge in [-0.15, -0.1) is 5.10 Å². The normalized spacial score (nSPS) is 10.9. The van der Waals surface area contributed by atoms with E-state index in [1.807, 2.05) is 0 Å². The largest absolute Gasteiger partial charge is 0.497 e. The summed E-state index contributed by atoms with van der Waals surface area (Å²) in [7, 11) is 1.57. The van der Waals surface area contributed by atoms with Crippen LogP contribution in [-0.2, 0) is 11.3 Å². The van der Waals surface area contributed by atoms with E-state index in [0.29, 0.717) is 34.2 Å². The Morgan fingerprint density at radius 2 is 2.03 bits per heavy atom. The van der Waals surface area contributed by atoms with Crippen LogP contribution in [0.4, 0.5) is 10.1 Å². The van der Waals surface area contributed by atoms with Gasteiger partial charge in [0.2, 0.25) is 5.91 Å². The van der Waals surface area contributed by atoms with Crippen molar-refractivity contribution in [2.75, 3.05) is 18.2 Å². The van der Waals surface area contributed by atoms with Crippen LogP contribution in [0.3, 0.4) is 0 Å². The van der Waals surface area contributed by atoms with Crippen LogP contribution in [0.2, 0.25) is 0 Å². The first-order valence-electron chi connectivity index (χ1n) is 8.98. The first kappa shape index (κ1) is 19.8. The van der Waals surface area contributed by atoms with Gasteiger partial charge in [-0.25, -0.2) is 19.0 Å².